The van der Waals surface area contributed by atoms with Gasteiger partial charge in [0.2, 0.25) is 0 Å². The fourth-order valence-corrected chi connectivity index (χ4v) is 2.49. The number of piperidine rings is 1. The van der Waals surface area contributed by atoms with Gasteiger partial charge in [0.1, 0.15) is 0 Å². The van der Waals surface area contributed by atoms with E-state index in [-0.39, 0.29) is 31.0 Å². The van der Waals surface area contributed by atoms with Crippen LogP contribution in [-0.2, 0) is 0 Å². The van der Waals surface area contributed by atoms with Crippen molar-refractivity contribution in [3.05, 3.63) is 28.3 Å². The monoisotopic (exact) mass is 296 g/mol. The summed E-state index contributed by atoms with van der Waals surface area (Å²) < 4.78 is 26.9. The number of alkyl halides is 2. The van der Waals surface area contributed by atoms with Crippen LogP contribution in [0.4, 0.5) is 8.78 Å². The average molecular weight is 296 g/mol. The van der Waals surface area contributed by atoms with Crippen LogP contribution < -0.4 is 5.69 Å². The Morgan fingerprint density at radius 2 is 2.24 bits per heavy atom. The van der Waals surface area contributed by atoms with Gasteiger partial charge >= 0.3 is 5.69 Å². The molecule has 1 fully saturated rings. The van der Waals surface area contributed by atoms with Gasteiger partial charge in [0.25, 0.3) is 11.8 Å². The van der Waals surface area contributed by atoms with Gasteiger partial charge in [-0.1, -0.05) is 6.92 Å². The van der Waals surface area contributed by atoms with Crippen molar-refractivity contribution in [1.29, 1.82) is 0 Å². The van der Waals surface area contributed by atoms with E-state index in [0.717, 1.165) is 0 Å². The molecule has 0 spiro atoms. The van der Waals surface area contributed by atoms with Crippen LogP contribution in [-0.4, -0.2) is 44.8 Å². The summed E-state index contributed by atoms with van der Waals surface area (Å²) in [7, 11) is 0. The summed E-state index contributed by atoms with van der Waals surface area (Å²) in [6, 6.07) is 1.50. The van der Waals surface area contributed by atoms with Crippen LogP contribution in [0.1, 0.15) is 23.7 Å². The van der Waals surface area contributed by atoms with Crippen LogP contribution >= 0.6 is 0 Å². The number of carbonyl (C=O) groups is 1. The molecule has 3 rings (SSSR count). The van der Waals surface area contributed by atoms with Gasteiger partial charge in [-0.2, -0.15) is 0 Å². The summed E-state index contributed by atoms with van der Waals surface area (Å²) in [6.45, 7) is 1.45. The minimum atomic E-state index is -2.73. The number of nitrogens with zero attached hydrogens (tertiary/aromatic N) is 2. The van der Waals surface area contributed by atoms with E-state index in [4.69, 9.17) is 0 Å². The molecule has 0 saturated carbocycles. The number of imidazole rings is 1. The van der Waals surface area contributed by atoms with Crippen molar-refractivity contribution in [1.82, 2.24) is 19.9 Å². The van der Waals surface area contributed by atoms with Crippen LogP contribution in [0.15, 0.2) is 17.1 Å². The predicted octanol–water partition coefficient (Wildman–Crippen LogP) is 1.37. The molecule has 1 aliphatic heterocycles. The predicted molar refractivity (Wildman–Crippen MR) is 71.3 cm³/mol. The Labute approximate surface area is 118 Å². The summed E-state index contributed by atoms with van der Waals surface area (Å²) >= 11 is 0. The smallest absolute Gasteiger partial charge is 0.325 e. The van der Waals surface area contributed by atoms with Crippen molar-refractivity contribution in [3.8, 4) is 0 Å². The van der Waals surface area contributed by atoms with Crippen molar-refractivity contribution in [2.45, 2.75) is 19.3 Å². The van der Waals surface area contributed by atoms with E-state index in [1.165, 1.54) is 24.1 Å². The van der Waals surface area contributed by atoms with Gasteiger partial charge in [0.15, 0.2) is 5.65 Å². The highest BCUT2D eigenvalue weighted by Crippen LogP contribution is 2.33. The molecule has 21 heavy (non-hydrogen) atoms. The molecule has 112 valence electrons. The number of carbonyl (C=O) groups excluding carboxylic acids is 1. The molecule has 6 nitrogen and oxygen atoms in total. The fourth-order valence-electron chi connectivity index (χ4n) is 2.49. The second-order valence-corrected chi connectivity index (χ2v) is 5.36. The Bertz CT molecular complexity index is 752. The number of pyridine rings is 1. The van der Waals surface area contributed by atoms with Crippen LogP contribution in [0.5, 0.6) is 0 Å². The Kier molecular flexibility index (Phi) is 3.03. The van der Waals surface area contributed by atoms with E-state index in [0.29, 0.717) is 11.2 Å². The van der Waals surface area contributed by atoms with Crippen LogP contribution in [0.25, 0.3) is 11.2 Å². The van der Waals surface area contributed by atoms with E-state index in [9.17, 15) is 18.4 Å². The minimum Gasteiger partial charge on any atom is -0.338 e. The molecule has 1 amide bonds. The van der Waals surface area contributed by atoms with Crippen LogP contribution in [0, 0.1) is 5.92 Å². The molecule has 0 bridgehead atoms. The standard InChI is InChI=1S/C13H14F2N4O2/c1-7-6-19(3-2-13(7,14)15)11(20)8-4-9-10(16-5-8)18-12(21)17-9/h4-5,7H,2-3,6H2,1H3,(H2,16,17,18,21). The third kappa shape index (κ3) is 2.41. The van der Waals surface area contributed by atoms with Crippen molar-refractivity contribution < 1.29 is 13.6 Å². The third-order valence-electron chi connectivity index (χ3n) is 3.83. The number of nitrogens with one attached hydrogen (secondary N) is 2. The van der Waals surface area contributed by atoms with Gasteiger partial charge in [0, 0.05) is 31.6 Å². The number of rotatable bonds is 1. The first-order valence-corrected chi connectivity index (χ1v) is 6.62. The first-order chi connectivity index (χ1) is 9.87. The molecule has 1 saturated heterocycles. The molecule has 1 atom stereocenters. The van der Waals surface area contributed by atoms with Crippen molar-refractivity contribution in [2.75, 3.05) is 13.1 Å². The second kappa shape index (κ2) is 4.64. The van der Waals surface area contributed by atoms with E-state index < -0.39 is 17.5 Å². The minimum absolute atomic E-state index is 0.00747. The van der Waals surface area contributed by atoms with Crippen molar-refractivity contribution >= 4 is 17.1 Å². The number of fused-ring (bicyclic) bond motifs is 1. The number of halogens is 2. The zero-order chi connectivity index (χ0) is 15.2. The second-order valence-electron chi connectivity index (χ2n) is 5.36. The molecule has 0 aromatic carbocycles. The van der Waals surface area contributed by atoms with Crippen LogP contribution in [0.2, 0.25) is 0 Å². The maximum atomic E-state index is 13.5. The summed E-state index contributed by atoms with van der Waals surface area (Å²) in [6.07, 6.45) is 1.00. The highest BCUT2D eigenvalue weighted by molar-refractivity contribution is 5.96. The lowest BCUT2D eigenvalue weighted by Crippen LogP contribution is -2.48. The normalized spacial score (nSPS) is 21.7. The first-order valence-electron chi connectivity index (χ1n) is 6.62. The Balaban J connectivity index is 1.85. The molecule has 2 aromatic rings. The number of hydrogen-bond donors (Lipinski definition) is 2. The zero-order valence-corrected chi connectivity index (χ0v) is 11.3. The number of aromatic nitrogens is 3. The van der Waals surface area contributed by atoms with E-state index >= 15 is 0 Å². The number of amides is 1. The summed E-state index contributed by atoms with van der Waals surface area (Å²) in [4.78, 5) is 33.9. The van der Waals surface area contributed by atoms with Gasteiger partial charge in [-0.3, -0.25) is 9.78 Å². The molecule has 1 aliphatic rings. The van der Waals surface area contributed by atoms with E-state index in [1.807, 2.05) is 0 Å². The fraction of sp³-hybridized carbons (Fsp3) is 0.462. The SMILES string of the molecule is CC1CN(C(=O)c2cnc3[nH]c(=O)[nH]c3c2)CCC1(F)F. The van der Waals surface area contributed by atoms with Gasteiger partial charge in [-0.25, -0.2) is 18.6 Å². The number of likely N-dealkylation sites (tertiary alicyclic amines) is 1. The molecule has 8 heteroatoms. The van der Waals surface area contributed by atoms with Crippen LogP contribution in [0.3, 0.4) is 0 Å². The topological polar surface area (TPSA) is 81.8 Å². The lowest BCUT2D eigenvalue weighted by Gasteiger charge is -2.36. The quantitative estimate of drug-likeness (QED) is 0.834. The summed E-state index contributed by atoms with van der Waals surface area (Å²) in [5.41, 5.74) is 0.639. The average Bonchev–Trinajstić information content (AvgIpc) is 2.80. The van der Waals surface area contributed by atoms with Gasteiger partial charge in [0.05, 0.1) is 11.1 Å². The first kappa shape index (κ1) is 13.7. The maximum Gasteiger partial charge on any atom is 0.325 e. The van der Waals surface area contributed by atoms with E-state index in [2.05, 4.69) is 15.0 Å². The Hall–Kier alpha value is -2.25. The van der Waals surface area contributed by atoms with Crippen molar-refractivity contribution in [3.63, 3.8) is 0 Å². The Morgan fingerprint density at radius 1 is 1.48 bits per heavy atom. The van der Waals surface area contributed by atoms with E-state index in [1.54, 1.807) is 0 Å². The molecule has 2 N–H and O–H groups in total. The highest BCUT2D eigenvalue weighted by Gasteiger charge is 2.42. The Morgan fingerprint density at radius 3 is 2.95 bits per heavy atom. The van der Waals surface area contributed by atoms with Gasteiger partial charge in [-0.15, -0.1) is 0 Å². The zero-order valence-electron chi connectivity index (χ0n) is 11.3. The summed E-state index contributed by atoms with van der Waals surface area (Å²) in [5, 5.41) is 0. The lowest BCUT2D eigenvalue weighted by atomic mass is 9.95. The molecular formula is C13H14F2N4O2. The summed E-state index contributed by atoms with van der Waals surface area (Å²) in [5.74, 6) is -3.96. The third-order valence-corrected chi connectivity index (χ3v) is 3.83. The van der Waals surface area contributed by atoms with Gasteiger partial charge < -0.3 is 9.88 Å². The molecule has 0 radical (unpaired) electrons. The maximum absolute atomic E-state index is 13.5. The molecular weight excluding hydrogens is 282 g/mol. The highest BCUT2D eigenvalue weighted by atomic mass is 19.3. The molecule has 0 aliphatic carbocycles. The molecule has 3 heterocycles. The number of H-pyrrole nitrogens is 2. The molecule has 1 unspecified atom stereocenters. The van der Waals surface area contributed by atoms with Gasteiger partial charge in [-0.05, 0) is 6.07 Å². The largest absolute Gasteiger partial charge is 0.338 e. The van der Waals surface area contributed by atoms with Crippen molar-refractivity contribution in [2.24, 2.45) is 5.92 Å². The molecule has 2 aromatic heterocycles. The number of aromatic amines is 2. The lowest BCUT2D eigenvalue weighted by molar-refractivity contribution is -0.0921. The number of hydrogen-bond acceptors (Lipinski definition) is 3.